The molecule has 8 nitrogen and oxygen atoms in total. The Morgan fingerprint density at radius 3 is 2.40 bits per heavy atom. The quantitative estimate of drug-likeness (QED) is 0.170. The number of likely N-dealkylation sites (tertiary alicyclic amines) is 1. The number of hydrogen-bond donors (Lipinski definition) is 1. The zero-order valence-corrected chi connectivity index (χ0v) is 29.4. The first-order valence-electron chi connectivity index (χ1n) is 17.5. The molecule has 2 aromatic carbocycles. The molecule has 2 aromatic rings. The number of aliphatic hydroxyl groups excluding tert-OH is 1. The maximum absolute atomic E-state index is 15.0. The van der Waals surface area contributed by atoms with Crippen LogP contribution in [0.25, 0.3) is 0 Å². The summed E-state index contributed by atoms with van der Waals surface area (Å²) in [7, 11) is 0. The molecule has 0 saturated carbocycles. The highest BCUT2D eigenvalue weighted by Gasteiger charge is 2.77. The SMILES string of the molecule is C=CCN(CCCCC)C(=O)C1N([C@@H](CO)Cc2ccccc2)C(=O)[C@@H]2[C@H](C(=O)N(CC=C)c3ccc(OCC)cc3)[C@@H]3CC(C)C12S3. The molecule has 3 heterocycles. The van der Waals surface area contributed by atoms with Gasteiger partial charge in [-0.15, -0.1) is 24.9 Å². The van der Waals surface area contributed by atoms with Crippen molar-refractivity contribution in [1.29, 1.82) is 0 Å². The highest BCUT2D eigenvalue weighted by Crippen LogP contribution is 2.69. The molecular weight excluding hydrogens is 623 g/mol. The van der Waals surface area contributed by atoms with Crippen LogP contribution < -0.4 is 9.64 Å². The Morgan fingerprint density at radius 1 is 1.06 bits per heavy atom. The van der Waals surface area contributed by atoms with Gasteiger partial charge in [0.05, 0.1) is 35.8 Å². The second kappa shape index (κ2) is 15.8. The van der Waals surface area contributed by atoms with E-state index >= 15 is 4.79 Å². The fraction of sp³-hybridized carbons (Fsp3) is 0.513. The summed E-state index contributed by atoms with van der Waals surface area (Å²) in [6.07, 6.45) is 7.44. The molecule has 0 aliphatic carbocycles. The Bertz CT molecular complexity index is 1450. The van der Waals surface area contributed by atoms with Crippen molar-refractivity contribution in [3.05, 3.63) is 85.5 Å². The summed E-state index contributed by atoms with van der Waals surface area (Å²) in [6, 6.07) is 15.8. The van der Waals surface area contributed by atoms with Gasteiger partial charge in [0.1, 0.15) is 11.8 Å². The van der Waals surface area contributed by atoms with Crippen molar-refractivity contribution >= 4 is 35.2 Å². The molecule has 3 unspecified atom stereocenters. The Kier molecular flexibility index (Phi) is 11.7. The van der Waals surface area contributed by atoms with E-state index in [0.717, 1.165) is 37.0 Å². The molecule has 1 N–H and O–H groups in total. The predicted molar refractivity (Wildman–Crippen MR) is 193 cm³/mol. The molecule has 48 heavy (non-hydrogen) atoms. The van der Waals surface area contributed by atoms with Crippen molar-refractivity contribution in [2.75, 3.05) is 37.7 Å². The van der Waals surface area contributed by atoms with E-state index in [9.17, 15) is 14.7 Å². The van der Waals surface area contributed by atoms with Gasteiger partial charge in [0, 0.05) is 30.6 Å². The molecule has 3 fully saturated rings. The number of hydrogen-bond acceptors (Lipinski definition) is 6. The lowest BCUT2D eigenvalue weighted by Crippen LogP contribution is -2.59. The van der Waals surface area contributed by atoms with Crippen molar-refractivity contribution in [1.82, 2.24) is 9.80 Å². The van der Waals surface area contributed by atoms with E-state index in [1.807, 2.05) is 66.4 Å². The number of fused-ring (bicyclic) bond motifs is 1. The predicted octanol–water partition coefficient (Wildman–Crippen LogP) is 5.75. The van der Waals surface area contributed by atoms with Crippen LogP contribution >= 0.6 is 11.8 Å². The Labute approximate surface area is 290 Å². The number of thioether (sulfide) groups is 1. The lowest BCUT2D eigenvalue weighted by Gasteiger charge is -2.42. The number of nitrogens with zero attached hydrogens (tertiary/aromatic N) is 3. The van der Waals surface area contributed by atoms with Gasteiger partial charge in [-0.1, -0.05) is 69.2 Å². The number of amides is 3. The number of aliphatic hydroxyl groups is 1. The minimum absolute atomic E-state index is 0.0140. The second-order valence-electron chi connectivity index (χ2n) is 13.3. The largest absolute Gasteiger partial charge is 0.494 e. The van der Waals surface area contributed by atoms with Gasteiger partial charge in [-0.05, 0) is 61.9 Å². The van der Waals surface area contributed by atoms with E-state index in [0.29, 0.717) is 31.8 Å². The first-order valence-corrected chi connectivity index (χ1v) is 18.3. The van der Waals surface area contributed by atoms with Crippen LogP contribution in [0.5, 0.6) is 5.75 Å². The van der Waals surface area contributed by atoms with Gasteiger partial charge in [-0.25, -0.2) is 0 Å². The van der Waals surface area contributed by atoms with Crippen LogP contribution in [0.2, 0.25) is 0 Å². The summed E-state index contributed by atoms with van der Waals surface area (Å²) in [5.74, 6) is -1.04. The lowest BCUT2D eigenvalue weighted by molar-refractivity contribution is -0.145. The summed E-state index contributed by atoms with van der Waals surface area (Å²) >= 11 is 1.66. The van der Waals surface area contributed by atoms with Crippen LogP contribution in [0.15, 0.2) is 79.9 Å². The summed E-state index contributed by atoms with van der Waals surface area (Å²) < 4.78 is 4.83. The van der Waals surface area contributed by atoms with Crippen molar-refractivity contribution in [2.45, 2.75) is 75.0 Å². The van der Waals surface area contributed by atoms with Crippen LogP contribution in [0.1, 0.15) is 52.0 Å². The summed E-state index contributed by atoms with van der Waals surface area (Å²) in [4.78, 5) is 49.9. The minimum atomic E-state index is -0.807. The third-order valence-electron chi connectivity index (χ3n) is 10.4. The van der Waals surface area contributed by atoms with E-state index in [1.165, 1.54) is 0 Å². The Morgan fingerprint density at radius 2 is 1.77 bits per heavy atom. The van der Waals surface area contributed by atoms with Gasteiger partial charge in [0.25, 0.3) is 0 Å². The van der Waals surface area contributed by atoms with E-state index in [1.54, 1.807) is 33.7 Å². The fourth-order valence-corrected chi connectivity index (χ4v) is 10.6. The third kappa shape index (κ3) is 6.56. The van der Waals surface area contributed by atoms with Gasteiger partial charge in [-0.2, -0.15) is 0 Å². The molecule has 3 aliphatic heterocycles. The average Bonchev–Trinajstić information content (AvgIpc) is 3.69. The normalized spacial score (nSPS) is 26.2. The topological polar surface area (TPSA) is 90.4 Å². The molecule has 5 rings (SSSR count). The summed E-state index contributed by atoms with van der Waals surface area (Å²) in [6.45, 7) is 15.5. The molecule has 3 saturated heterocycles. The van der Waals surface area contributed by atoms with Gasteiger partial charge >= 0.3 is 0 Å². The van der Waals surface area contributed by atoms with Gasteiger partial charge in [0.15, 0.2) is 0 Å². The number of rotatable bonds is 17. The van der Waals surface area contributed by atoms with E-state index < -0.39 is 28.7 Å². The molecule has 3 amide bonds. The van der Waals surface area contributed by atoms with Crippen LogP contribution in [0.4, 0.5) is 5.69 Å². The van der Waals surface area contributed by atoms with Gasteiger partial charge < -0.3 is 24.5 Å². The maximum atomic E-state index is 15.0. The van der Waals surface area contributed by atoms with Gasteiger partial charge in [-0.3, -0.25) is 14.4 Å². The van der Waals surface area contributed by atoms with Crippen molar-refractivity contribution < 1.29 is 24.2 Å². The Hall–Kier alpha value is -3.56. The molecule has 7 atom stereocenters. The minimum Gasteiger partial charge on any atom is -0.494 e. The number of carbonyl (C=O) groups is 3. The standard InChI is InChI=1S/C39H51N3O5S/c1-6-10-14-23-40(21-7-2)38(46)35-39-27(5)24-32(48-39)33(36(44)41(22-8-3)29-17-19-31(20-18-29)47-9-4)34(39)37(45)42(35)30(26-43)25-28-15-12-11-13-16-28/h7-8,11-13,15-20,27,30,32-35,43H,2-3,6,9-10,14,21-26H2,1,4-5H3/t27?,30-,32+,33-,34+,35?,39?/m1/s1. The van der Waals surface area contributed by atoms with Crippen molar-refractivity contribution in [3.8, 4) is 5.75 Å². The Balaban J connectivity index is 1.58. The summed E-state index contributed by atoms with van der Waals surface area (Å²) in [5, 5.41) is 10.8. The van der Waals surface area contributed by atoms with Crippen LogP contribution in [0, 0.1) is 17.8 Å². The molecule has 9 heteroatoms. The van der Waals surface area contributed by atoms with Crippen molar-refractivity contribution in [3.63, 3.8) is 0 Å². The zero-order valence-electron chi connectivity index (χ0n) is 28.6. The number of unbranched alkanes of at least 4 members (excludes halogenated alkanes) is 2. The first kappa shape index (κ1) is 35.7. The van der Waals surface area contributed by atoms with E-state index in [4.69, 9.17) is 4.74 Å². The number of carbonyl (C=O) groups excluding carboxylic acids is 3. The van der Waals surface area contributed by atoms with Crippen LogP contribution in [0.3, 0.4) is 0 Å². The molecule has 3 aliphatic rings. The number of benzene rings is 2. The molecule has 0 radical (unpaired) electrons. The molecular formula is C39H51N3O5S. The van der Waals surface area contributed by atoms with E-state index in [-0.39, 0.29) is 42.0 Å². The zero-order chi connectivity index (χ0) is 34.4. The molecule has 1 spiro atoms. The monoisotopic (exact) mass is 673 g/mol. The second-order valence-corrected chi connectivity index (χ2v) is 14.8. The highest BCUT2D eigenvalue weighted by atomic mass is 32.2. The average molecular weight is 674 g/mol. The number of ether oxygens (including phenoxy) is 1. The van der Waals surface area contributed by atoms with Gasteiger partial charge in [0.2, 0.25) is 17.7 Å². The van der Waals surface area contributed by atoms with Crippen molar-refractivity contribution in [2.24, 2.45) is 17.8 Å². The fourth-order valence-electron chi connectivity index (χ4n) is 8.24. The maximum Gasteiger partial charge on any atom is 0.247 e. The molecule has 2 bridgehead atoms. The third-order valence-corrected chi connectivity index (χ3v) is 12.4. The molecule has 0 aromatic heterocycles. The first-order chi connectivity index (χ1) is 23.3. The summed E-state index contributed by atoms with van der Waals surface area (Å²) in [5.41, 5.74) is 1.68. The number of anilines is 1. The molecule has 258 valence electrons. The van der Waals surface area contributed by atoms with Crippen LogP contribution in [-0.2, 0) is 20.8 Å². The smallest absolute Gasteiger partial charge is 0.247 e. The van der Waals surface area contributed by atoms with E-state index in [2.05, 4.69) is 27.0 Å². The van der Waals surface area contributed by atoms with Crippen LogP contribution in [-0.4, -0.2) is 87.6 Å². The highest BCUT2D eigenvalue weighted by molar-refractivity contribution is 8.02. The lowest BCUT2D eigenvalue weighted by atomic mass is 9.65.